The van der Waals surface area contributed by atoms with Crippen LogP contribution in [0.4, 0.5) is 0 Å². The quantitative estimate of drug-likeness (QED) is 0.694. The van der Waals surface area contributed by atoms with Crippen LogP contribution in [0.5, 0.6) is 0 Å². The molecule has 1 aliphatic carbocycles. The number of aliphatic hydroxyl groups is 1. The molecule has 1 saturated carbocycles. The average Bonchev–Trinajstić information content (AvgIpc) is 3.00. The number of nitrogens with one attached hydrogen (secondary N) is 1. The first-order chi connectivity index (χ1) is 6.79. The first-order valence-corrected chi connectivity index (χ1v) is 4.74. The second-order valence-electron chi connectivity index (χ2n) is 3.61. The molecule has 14 heavy (non-hydrogen) atoms. The van der Waals surface area contributed by atoms with Crippen LogP contribution in [-0.4, -0.2) is 17.7 Å². The summed E-state index contributed by atoms with van der Waals surface area (Å²) in [6.45, 7) is -0.284. The van der Waals surface area contributed by atoms with E-state index in [1.807, 2.05) is 30.3 Å². The summed E-state index contributed by atoms with van der Waals surface area (Å²) in [6.07, 6.45) is 1.76. The first kappa shape index (κ1) is 9.21. The van der Waals surface area contributed by atoms with Gasteiger partial charge in [-0.2, -0.15) is 0 Å². The Kier molecular flexibility index (Phi) is 2.25. The fourth-order valence-corrected chi connectivity index (χ4v) is 1.77. The lowest BCUT2D eigenvalue weighted by Crippen LogP contribution is -2.35. The van der Waals surface area contributed by atoms with Crippen molar-refractivity contribution in [1.82, 2.24) is 5.32 Å². The van der Waals surface area contributed by atoms with E-state index in [0.29, 0.717) is 0 Å². The molecule has 0 saturated heterocycles. The van der Waals surface area contributed by atoms with Crippen molar-refractivity contribution in [1.29, 1.82) is 0 Å². The van der Waals surface area contributed by atoms with Crippen LogP contribution < -0.4 is 5.32 Å². The number of aliphatic hydroxyl groups excluding tert-OH is 1. The van der Waals surface area contributed by atoms with Crippen molar-refractivity contribution in [2.45, 2.75) is 18.3 Å². The Labute approximate surface area is 82.8 Å². The van der Waals surface area contributed by atoms with E-state index in [1.54, 1.807) is 0 Å². The molecule has 0 unspecified atom stereocenters. The SMILES string of the molecule is O=C(NCO)C1(c2ccccc2)CC1. The maximum Gasteiger partial charge on any atom is 0.232 e. The minimum Gasteiger partial charge on any atom is -0.377 e. The monoisotopic (exact) mass is 191 g/mol. The van der Waals surface area contributed by atoms with Gasteiger partial charge in [-0.25, -0.2) is 0 Å². The molecule has 1 aromatic carbocycles. The van der Waals surface area contributed by atoms with Gasteiger partial charge in [-0.05, 0) is 18.4 Å². The van der Waals surface area contributed by atoms with E-state index >= 15 is 0 Å². The molecule has 74 valence electrons. The summed E-state index contributed by atoms with van der Waals surface area (Å²) < 4.78 is 0. The molecule has 3 heteroatoms. The van der Waals surface area contributed by atoms with E-state index in [4.69, 9.17) is 5.11 Å². The fourth-order valence-electron chi connectivity index (χ4n) is 1.77. The van der Waals surface area contributed by atoms with E-state index < -0.39 is 0 Å². The van der Waals surface area contributed by atoms with E-state index in [0.717, 1.165) is 18.4 Å². The molecule has 0 aromatic heterocycles. The number of hydrogen-bond acceptors (Lipinski definition) is 2. The highest BCUT2D eigenvalue weighted by Crippen LogP contribution is 2.48. The van der Waals surface area contributed by atoms with Crippen molar-refractivity contribution < 1.29 is 9.90 Å². The summed E-state index contributed by atoms with van der Waals surface area (Å²) in [6, 6.07) is 9.72. The lowest BCUT2D eigenvalue weighted by molar-refractivity contribution is -0.124. The summed E-state index contributed by atoms with van der Waals surface area (Å²) in [5, 5.41) is 11.1. The molecule has 2 rings (SSSR count). The Morgan fingerprint density at radius 3 is 2.50 bits per heavy atom. The largest absolute Gasteiger partial charge is 0.377 e. The highest BCUT2D eigenvalue weighted by molar-refractivity contribution is 5.91. The molecule has 1 fully saturated rings. The number of hydrogen-bond donors (Lipinski definition) is 2. The van der Waals surface area contributed by atoms with Crippen molar-refractivity contribution >= 4 is 5.91 Å². The number of carbonyl (C=O) groups is 1. The maximum atomic E-state index is 11.7. The van der Waals surface area contributed by atoms with Crippen LogP contribution in [-0.2, 0) is 10.2 Å². The van der Waals surface area contributed by atoms with E-state index in [1.165, 1.54) is 0 Å². The molecular formula is C11H13NO2. The normalized spacial score (nSPS) is 17.5. The second-order valence-corrected chi connectivity index (χ2v) is 3.61. The van der Waals surface area contributed by atoms with Crippen molar-refractivity contribution in [3.63, 3.8) is 0 Å². The van der Waals surface area contributed by atoms with Gasteiger partial charge in [-0.15, -0.1) is 0 Å². The van der Waals surface area contributed by atoms with Gasteiger partial charge in [-0.1, -0.05) is 30.3 Å². The number of benzene rings is 1. The van der Waals surface area contributed by atoms with Crippen molar-refractivity contribution in [2.24, 2.45) is 0 Å². The molecule has 0 aliphatic heterocycles. The molecular weight excluding hydrogens is 178 g/mol. The van der Waals surface area contributed by atoms with Crippen LogP contribution >= 0.6 is 0 Å². The van der Waals surface area contributed by atoms with Crippen LogP contribution in [0.2, 0.25) is 0 Å². The first-order valence-electron chi connectivity index (χ1n) is 4.74. The zero-order chi connectivity index (χ0) is 10.0. The summed E-state index contributed by atoms with van der Waals surface area (Å²) in [5.41, 5.74) is 0.690. The molecule has 0 bridgehead atoms. The standard InChI is InChI=1S/C11H13NO2/c13-8-12-10(14)11(6-7-11)9-4-2-1-3-5-9/h1-5,13H,6-8H2,(H,12,14). The third-order valence-electron chi connectivity index (χ3n) is 2.75. The lowest BCUT2D eigenvalue weighted by atomic mass is 9.95. The van der Waals surface area contributed by atoms with Gasteiger partial charge >= 0.3 is 0 Å². The van der Waals surface area contributed by atoms with Gasteiger partial charge in [-0.3, -0.25) is 4.79 Å². The van der Waals surface area contributed by atoms with Crippen LogP contribution in [0.1, 0.15) is 18.4 Å². The van der Waals surface area contributed by atoms with Gasteiger partial charge in [0.05, 0.1) is 5.41 Å². The van der Waals surface area contributed by atoms with Gasteiger partial charge in [0, 0.05) is 0 Å². The number of rotatable bonds is 3. The predicted molar refractivity (Wildman–Crippen MR) is 52.6 cm³/mol. The van der Waals surface area contributed by atoms with Gasteiger partial charge < -0.3 is 10.4 Å². The van der Waals surface area contributed by atoms with Gasteiger partial charge in [0.15, 0.2) is 0 Å². The molecule has 0 spiro atoms. The fraction of sp³-hybridized carbons (Fsp3) is 0.364. The number of carbonyl (C=O) groups excluding carboxylic acids is 1. The van der Waals surface area contributed by atoms with Gasteiger partial charge in [0.1, 0.15) is 6.73 Å². The zero-order valence-corrected chi connectivity index (χ0v) is 7.86. The Hall–Kier alpha value is -1.35. The van der Waals surface area contributed by atoms with E-state index in [9.17, 15) is 4.79 Å². The lowest BCUT2D eigenvalue weighted by Gasteiger charge is -2.14. The van der Waals surface area contributed by atoms with Gasteiger partial charge in [0.25, 0.3) is 0 Å². The van der Waals surface area contributed by atoms with Crippen LogP contribution in [0.25, 0.3) is 0 Å². The van der Waals surface area contributed by atoms with Crippen LogP contribution in [0.3, 0.4) is 0 Å². The third kappa shape index (κ3) is 1.40. The summed E-state index contributed by atoms with van der Waals surface area (Å²) in [4.78, 5) is 11.7. The number of amides is 1. The Bertz CT molecular complexity index is 330. The van der Waals surface area contributed by atoms with Gasteiger partial charge in [0.2, 0.25) is 5.91 Å². The predicted octanol–water partition coefficient (Wildman–Crippen LogP) is 0.784. The molecule has 0 atom stereocenters. The molecule has 1 amide bonds. The molecule has 1 aliphatic rings. The van der Waals surface area contributed by atoms with E-state index in [2.05, 4.69) is 5.32 Å². The Morgan fingerprint density at radius 2 is 2.00 bits per heavy atom. The van der Waals surface area contributed by atoms with Crippen LogP contribution in [0, 0.1) is 0 Å². The molecule has 0 radical (unpaired) electrons. The average molecular weight is 191 g/mol. The minimum atomic E-state index is -0.357. The Morgan fingerprint density at radius 1 is 1.36 bits per heavy atom. The highest BCUT2D eigenvalue weighted by atomic mass is 16.3. The topological polar surface area (TPSA) is 49.3 Å². The maximum absolute atomic E-state index is 11.7. The molecule has 1 aromatic rings. The minimum absolute atomic E-state index is 0.0637. The summed E-state index contributed by atoms with van der Waals surface area (Å²) >= 11 is 0. The molecule has 3 nitrogen and oxygen atoms in total. The highest BCUT2D eigenvalue weighted by Gasteiger charge is 2.50. The molecule has 0 heterocycles. The zero-order valence-electron chi connectivity index (χ0n) is 7.86. The third-order valence-corrected chi connectivity index (χ3v) is 2.75. The van der Waals surface area contributed by atoms with Crippen molar-refractivity contribution in [2.75, 3.05) is 6.73 Å². The van der Waals surface area contributed by atoms with Crippen LogP contribution in [0.15, 0.2) is 30.3 Å². The van der Waals surface area contributed by atoms with E-state index in [-0.39, 0.29) is 18.1 Å². The smallest absolute Gasteiger partial charge is 0.232 e. The molecule has 2 N–H and O–H groups in total. The Balaban J connectivity index is 2.21. The van der Waals surface area contributed by atoms with Crippen molar-refractivity contribution in [3.8, 4) is 0 Å². The second kappa shape index (κ2) is 3.42. The summed E-state index contributed by atoms with van der Waals surface area (Å²) in [5.74, 6) is -0.0637. The summed E-state index contributed by atoms with van der Waals surface area (Å²) in [7, 11) is 0. The van der Waals surface area contributed by atoms with Crippen molar-refractivity contribution in [3.05, 3.63) is 35.9 Å².